The van der Waals surface area contributed by atoms with Crippen LogP contribution in [0.15, 0.2) is 47.4 Å². The molecule has 16 heteroatoms. The van der Waals surface area contributed by atoms with Crippen molar-refractivity contribution in [1.82, 2.24) is 4.90 Å². The second kappa shape index (κ2) is 11.6. The number of sulfone groups is 2. The Kier molecular flexibility index (Phi) is 8.86. The Balaban J connectivity index is 1.64. The highest BCUT2D eigenvalue weighted by molar-refractivity contribution is 7.93. The number of hydrogen-bond acceptors (Lipinski definition) is 5. The van der Waals surface area contributed by atoms with Crippen LogP contribution < -0.4 is 0 Å². The molecule has 0 bridgehead atoms. The Bertz CT molecular complexity index is 1770. The molecule has 2 fully saturated rings. The van der Waals surface area contributed by atoms with E-state index in [0.29, 0.717) is 25.0 Å². The van der Waals surface area contributed by atoms with Crippen LogP contribution in [-0.2, 0) is 41.3 Å². The number of benzene rings is 2. The van der Waals surface area contributed by atoms with Gasteiger partial charge in [0.2, 0.25) is 5.91 Å². The molecule has 0 saturated carbocycles. The Morgan fingerprint density at radius 1 is 1.00 bits per heavy atom. The molecule has 2 heterocycles. The molecule has 5 rings (SSSR count). The summed E-state index contributed by atoms with van der Waals surface area (Å²) >= 11 is 5.98. The predicted molar refractivity (Wildman–Crippen MR) is 160 cm³/mol. The van der Waals surface area contributed by atoms with Gasteiger partial charge in [0, 0.05) is 23.0 Å². The average Bonchev–Trinajstić information content (AvgIpc) is 3.38. The van der Waals surface area contributed by atoms with Crippen LogP contribution in [0.2, 0.25) is 5.02 Å². The largest absolute Gasteiger partial charge is 0.435 e. The van der Waals surface area contributed by atoms with Gasteiger partial charge >= 0.3 is 18.0 Å². The maximum absolute atomic E-state index is 15.1. The first-order chi connectivity index (χ1) is 21.6. The summed E-state index contributed by atoms with van der Waals surface area (Å²) in [4.78, 5) is 15.3. The quantitative estimate of drug-likeness (QED) is 0.293. The fourth-order valence-corrected chi connectivity index (χ4v) is 12.4. The maximum atomic E-state index is 15.1. The second-order valence-electron chi connectivity index (χ2n) is 12.9. The third kappa shape index (κ3) is 5.37. The minimum atomic E-state index is -6.36. The number of halogens is 8. The highest BCUT2D eigenvalue weighted by Gasteiger charge is 2.74. The van der Waals surface area contributed by atoms with Gasteiger partial charge in [-0.05, 0) is 80.8 Å². The summed E-state index contributed by atoms with van der Waals surface area (Å²) in [5.74, 6) is -1.45. The Morgan fingerprint density at radius 3 is 2.19 bits per heavy atom. The summed E-state index contributed by atoms with van der Waals surface area (Å²) in [7, 11) is -8.05. The van der Waals surface area contributed by atoms with E-state index in [1.807, 2.05) is 6.92 Å². The van der Waals surface area contributed by atoms with Gasteiger partial charge in [0.05, 0.1) is 21.4 Å². The Labute approximate surface area is 273 Å². The third-order valence-electron chi connectivity index (χ3n) is 10.2. The van der Waals surface area contributed by atoms with E-state index in [2.05, 4.69) is 0 Å². The van der Waals surface area contributed by atoms with Crippen molar-refractivity contribution < 1.29 is 52.4 Å². The summed E-state index contributed by atoms with van der Waals surface area (Å²) in [6, 6.07) is 5.52. The van der Waals surface area contributed by atoms with E-state index in [9.17, 15) is 48.0 Å². The molecule has 47 heavy (non-hydrogen) atoms. The number of aryl methyl sites for hydroxylation is 1. The van der Waals surface area contributed by atoms with E-state index in [4.69, 9.17) is 11.6 Å². The van der Waals surface area contributed by atoms with Crippen LogP contribution >= 0.6 is 11.6 Å². The van der Waals surface area contributed by atoms with Crippen molar-refractivity contribution in [2.75, 3.05) is 12.3 Å². The summed E-state index contributed by atoms with van der Waals surface area (Å²) in [5, 5.41) is 0.205. The second-order valence-corrected chi connectivity index (χ2v) is 18.2. The summed E-state index contributed by atoms with van der Waals surface area (Å²) < 4.78 is 149. The van der Waals surface area contributed by atoms with Crippen molar-refractivity contribution in [1.29, 1.82) is 0 Å². The lowest BCUT2D eigenvalue weighted by Crippen LogP contribution is -2.55. The lowest BCUT2D eigenvalue weighted by molar-refractivity contribution is -0.348. The zero-order valence-electron chi connectivity index (χ0n) is 25.4. The van der Waals surface area contributed by atoms with Crippen molar-refractivity contribution in [2.45, 2.75) is 97.2 Å². The van der Waals surface area contributed by atoms with Gasteiger partial charge in [-0.25, -0.2) is 21.2 Å². The number of carbonyl (C=O) groups is 1. The molecule has 260 valence electrons. The molecule has 2 aromatic rings. The van der Waals surface area contributed by atoms with Crippen LogP contribution in [0.3, 0.4) is 0 Å². The highest BCUT2D eigenvalue weighted by atomic mass is 35.5. The lowest BCUT2D eigenvalue weighted by Gasteiger charge is -2.44. The van der Waals surface area contributed by atoms with Crippen molar-refractivity contribution >= 4 is 37.2 Å². The topological polar surface area (TPSA) is 88.6 Å². The van der Waals surface area contributed by atoms with E-state index >= 15 is 4.39 Å². The van der Waals surface area contributed by atoms with Gasteiger partial charge in [0.1, 0.15) is 4.75 Å². The number of likely N-dealkylation sites (tertiary alicyclic amines) is 1. The fraction of sp³-hybridized carbons (Fsp3) is 0.581. The number of hydrogen-bond donors (Lipinski definition) is 0. The van der Waals surface area contributed by atoms with Crippen LogP contribution in [0.25, 0.3) is 0 Å². The molecule has 4 atom stereocenters. The Hall–Kier alpha value is -2.39. The van der Waals surface area contributed by atoms with E-state index in [1.165, 1.54) is 29.2 Å². The molecule has 1 amide bonds. The summed E-state index contributed by atoms with van der Waals surface area (Å²) in [5.41, 5.74) is -7.76. The molecule has 2 saturated heterocycles. The zero-order chi connectivity index (χ0) is 35.0. The van der Waals surface area contributed by atoms with E-state index in [-0.39, 0.29) is 65.4 Å². The average molecular weight is 732 g/mol. The molecular weight excluding hydrogens is 699 g/mol. The van der Waals surface area contributed by atoms with Gasteiger partial charge < -0.3 is 4.90 Å². The molecule has 0 spiro atoms. The third-order valence-corrected chi connectivity index (χ3v) is 15.7. The monoisotopic (exact) mass is 731 g/mol. The fourth-order valence-electron chi connectivity index (χ4n) is 7.84. The number of fused-ring (bicyclic) bond motifs is 3. The molecule has 0 aromatic heterocycles. The van der Waals surface area contributed by atoms with Gasteiger partial charge in [-0.1, -0.05) is 43.1 Å². The van der Waals surface area contributed by atoms with Crippen LogP contribution in [-0.4, -0.2) is 63.1 Å². The molecule has 2 aliphatic heterocycles. The molecule has 2 aromatic carbocycles. The van der Waals surface area contributed by atoms with Crippen molar-refractivity contribution in [3.63, 3.8) is 0 Å². The first-order valence-corrected chi connectivity index (χ1v) is 18.6. The van der Waals surface area contributed by atoms with Gasteiger partial charge in [-0.15, -0.1) is 0 Å². The maximum Gasteiger partial charge on any atom is 0.435 e. The SMILES string of the molecule is CCCC1(C)CC(C(=O)N2CCC3(S(=O)(=O)c4ccc(Cl)cc4)c4ccc(C(F)(C(F)(F)F)C(F)(F)F)cc4CCC23)CCS1(=O)=O. The van der Waals surface area contributed by atoms with Gasteiger partial charge in [-0.2, -0.15) is 26.3 Å². The molecule has 4 unspecified atom stereocenters. The predicted octanol–water partition coefficient (Wildman–Crippen LogP) is 7.23. The minimum Gasteiger partial charge on any atom is -0.337 e. The highest BCUT2D eigenvalue weighted by Crippen LogP contribution is 2.57. The number of nitrogens with zero attached hydrogens (tertiary/aromatic N) is 1. The molecular formula is C31H33ClF7NO5S2. The van der Waals surface area contributed by atoms with Crippen LogP contribution in [0.1, 0.15) is 69.1 Å². The first-order valence-electron chi connectivity index (χ1n) is 15.1. The minimum absolute atomic E-state index is 0.0219. The van der Waals surface area contributed by atoms with Crippen LogP contribution in [0.5, 0.6) is 0 Å². The smallest absolute Gasteiger partial charge is 0.337 e. The van der Waals surface area contributed by atoms with Gasteiger partial charge in [0.15, 0.2) is 19.7 Å². The van der Waals surface area contributed by atoms with Gasteiger partial charge in [-0.3, -0.25) is 4.79 Å². The molecule has 1 aliphatic carbocycles. The zero-order valence-corrected chi connectivity index (χ0v) is 27.8. The van der Waals surface area contributed by atoms with Crippen molar-refractivity contribution in [3.8, 4) is 0 Å². The number of alkyl halides is 7. The molecule has 0 radical (unpaired) electrons. The van der Waals surface area contributed by atoms with Gasteiger partial charge in [0.25, 0.3) is 0 Å². The van der Waals surface area contributed by atoms with E-state index < -0.39 is 70.6 Å². The Morgan fingerprint density at radius 2 is 1.62 bits per heavy atom. The lowest BCUT2D eigenvalue weighted by atomic mass is 9.76. The standard InChI is InChI=1S/C31H33ClF7NO5S2/c1-3-13-27(2)18-20(12-16-46(27,42)43)26(41)40-15-14-28(47(44,45)23-8-6-22(32)7-9-23)24-10-5-21(17-19(24)4-11-25(28)40)29(33,30(34,35)36)31(37,38)39/h5-10,17,20,25H,3-4,11-16,18H2,1-2H3. The summed E-state index contributed by atoms with van der Waals surface area (Å²) in [6.07, 6.45) is -12.5. The number of rotatable bonds is 6. The van der Waals surface area contributed by atoms with Crippen molar-refractivity contribution in [3.05, 3.63) is 64.2 Å². The van der Waals surface area contributed by atoms with Crippen LogP contribution in [0.4, 0.5) is 30.7 Å². The summed E-state index contributed by atoms with van der Waals surface area (Å²) in [6.45, 7) is 3.29. The molecule has 6 nitrogen and oxygen atoms in total. The van der Waals surface area contributed by atoms with E-state index in [0.717, 1.165) is 6.07 Å². The van der Waals surface area contributed by atoms with E-state index in [1.54, 1.807) is 6.92 Å². The number of amides is 1. The first kappa shape index (κ1) is 35.9. The van der Waals surface area contributed by atoms with Crippen molar-refractivity contribution in [2.24, 2.45) is 5.92 Å². The molecule has 3 aliphatic rings. The number of carbonyl (C=O) groups excluding carboxylic acids is 1. The normalized spacial score (nSPS) is 28.1. The van der Waals surface area contributed by atoms with Crippen LogP contribution in [0, 0.1) is 5.92 Å². The molecule has 0 N–H and O–H groups in total.